The van der Waals surface area contributed by atoms with Gasteiger partial charge in [-0.05, 0) is 60.2 Å². The molecule has 0 radical (unpaired) electrons. The Kier molecular flexibility index (Phi) is 5.46. The molecular formula is C29H21N5O3. The number of aromatic hydroxyl groups is 1. The van der Waals surface area contributed by atoms with Gasteiger partial charge in [0.2, 0.25) is 5.88 Å². The first kappa shape index (κ1) is 22.2. The number of fused-ring (bicyclic) bond motifs is 2. The Labute approximate surface area is 211 Å². The lowest BCUT2D eigenvalue weighted by molar-refractivity contribution is 0.102. The molecule has 0 aliphatic heterocycles. The molecule has 8 heteroatoms. The molecule has 0 atom stereocenters. The van der Waals surface area contributed by atoms with Crippen LogP contribution in [0.5, 0.6) is 11.6 Å². The number of amides is 1. The van der Waals surface area contributed by atoms with Crippen LogP contribution >= 0.6 is 0 Å². The average molecular weight is 488 g/mol. The first-order valence-electron chi connectivity index (χ1n) is 11.6. The fourth-order valence-corrected chi connectivity index (χ4v) is 4.34. The molecule has 0 bridgehead atoms. The minimum Gasteiger partial charge on any atom is -0.507 e. The second-order valence-corrected chi connectivity index (χ2v) is 8.44. The molecule has 0 unspecified atom stereocenters. The van der Waals surface area contributed by atoms with Crippen molar-refractivity contribution < 1.29 is 14.6 Å². The number of carbonyl (C=O) groups is 1. The smallest absolute Gasteiger partial charge is 0.255 e. The Morgan fingerprint density at radius 3 is 2.65 bits per heavy atom. The van der Waals surface area contributed by atoms with E-state index in [0.717, 1.165) is 22.0 Å². The topological polar surface area (TPSA) is 113 Å². The fourth-order valence-electron chi connectivity index (χ4n) is 4.34. The second-order valence-electron chi connectivity index (χ2n) is 8.44. The van der Waals surface area contributed by atoms with Gasteiger partial charge in [-0.3, -0.25) is 9.78 Å². The maximum Gasteiger partial charge on any atom is 0.255 e. The molecule has 37 heavy (non-hydrogen) atoms. The van der Waals surface area contributed by atoms with E-state index in [1.807, 2.05) is 48.5 Å². The van der Waals surface area contributed by atoms with E-state index < -0.39 is 0 Å². The van der Waals surface area contributed by atoms with Crippen LogP contribution in [-0.2, 0) is 0 Å². The van der Waals surface area contributed by atoms with Gasteiger partial charge in [0, 0.05) is 28.9 Å². The van der Waals surface area contributed by atoms with Gasteiger partial charge in [-0.1, -0.05) is 24.3 Å². The molecule has 6 rings (SSSR count). The number of H-pyrrole nitrogens is 1. The number of hydrogen-bond acceptors (Lipinski definition) is 6. The molecule has 3 aromatic heterocycles. The predicted octanol–water partition coefficient (Wildman–Crippen LogP) is 5.81. The number of phenols is 1. The van der Waals surface area contributed by atoms with Crippen LogP contribution in [-0.4, -0.2) is 38.1 Å². The first-order chi connectivity index (χ1) is 18.1. The predicted molar refractivity (Wildman–Crippen MR) is 143 cm³/mol. The molecule has 0 spiro atoms. The molecular weight excluding hydrogens is 466 g/mol. The van der Waals surface area contributed by atoms with E-state index in [-0.39, 0.29) is 11.7 Å². The standard InChI is InChI=1S/C29H21N5O3/c1-37-29-20(7-4-14-31-29)18-10-12-25(35)21(15-18)27-32-22-11-9-19(16-24(22)33-27)28(36)34-23-8-2-5-17-6-3-13-30-26(17)23/h2-16,35H,1H3,(H,32,33)(H,34,36). The summed E-state index contributed by atoms with van der Waals surface area (Å²) in [7, 11) is 1.57. The number of nitrogens with zero attached hydrogens (tertiary/aromatic N) is 3. The zero-order valence-electron chi connectivity index (χ0n) is 19.8. The molecule has 3 heterocycles. The summed E-state index contributed by atoms with van der Waals surface area (Å²) in [6, 6.07) is 23.7. The molecule has 180 valence electrons. The summed E-state index contributed by atoms with van der Waals surface area (Å²) in [5.41, 5.74) is 5.31. The molecule has 8 nitrogen and oxygen atoms in total. The Morgan fingerprint density at radius 1 is 0.919 bits per heavy atom. The number of benzene rings is 3. The summed E-state index contributed by atoms with van der Waals surface area (Å²) in [5.74, 6) is 0.783. The highest BCUT2D eigenvalue weighted by atomic mass is 16.5. The van der Waals surface area contributed by atoms with Gasteiger partial charge >= 0.3 is 0 Å². The SMILES string of the molecule is COc1ncccc1-c1ccc(O)c(-c2nc3ccc(C(=O)Nc4cccc5cccnc45)cc3[nH]2)c1. The van der Waals surface area contributed by atoms with Gasteiger partial charge in [0.15, 0.2) is 0 Å². The maximum absolute atomic E-state index is 13.1. The van der Waals surface area contributed by atoms with Crippen LogP contribution in [0, 0.1) is 0 Å². The second kappa shape index (κ2) is 9.09. The minimum absolute atomic E-state index is 0.0760. The number of aromatic nitrogens is 4. The molecule has 6 aromatic rings. The summed E-state index contributed by atoms with van der Waals surface area (Å²) in [5, 5.41) is 14.5. The Morgan fingerprint density at radius 2 is 1.76 bits per heavy atom. The molecule has 3 aromatic carbocycles. The number of imidazole rings is 1. The van der Waals surface area contributed by atoms with Crippen LogP contribution in [0.3, 0.4) is 0 Å². The van der Waals surface area contributed by atoms with E-state index in [9.17, 15) is 9.90 Å². The van der Waals surface area contributed by atoms with Gasteiger partial charge < -0.3 is 20.1 Å². The Hall–Kier alpha value is -5.24. The van der Waals surface area contributed by atoms with E-state index in [0.29, 0.717) is 39.6 Å². The zero-order chi connectivity index (χ0) is 25.4. The zero-order valence-corrected chi connectivity index (χ0v) is 19.8. The third kappa shape index (κ3) is 4.10. The summed E-state index contributed by atoms with van der Waals surface area (Å²) in [6.07, 6.45) is 3.36. The third-order valence-corrected chi connectivity index (χ3v) is 6.15. The van der Waals surface area contributed by atoms with Crippen LogP contribution in [0.15, 0.2) is 91.3 Å². The van der Waals surface area contributed by atoms with Gasteiger partial charge in [0.05, 0.1) is 34.9 Å². The van der Waals surface area contributed by atoms with E-state index in [2.05, 4.69) is 25.3 Å². The Balaban J connectivity index is 1.34. The van der Waals surface area contributed by atoms with Crippen molar-refractivity contribution in [2.45, 2.75) is 0 Å². The molecule has 0 fully saturated rings. The van der Waals surface area contributed by atoms with Crippen molar-refractivity contribution >= 4 is 33.5 Å². The summed E-state index contributed by atoms with van der Waals surface area (Å²) < 4.78 is 5.39. The maximum atomic E-state index is 13.1. The number of ether oxygens (including phenoxy) is 1. The number of pyridine rings is 2. The van der Waals surface area contributed by atoms with Crippen LogP contribution in [0.1, 0.15) is 10.4 Å². The first-order valence-corrected chi connectivity index (χ1v) is 11.6. The van der Waals surface area contributed by atoms with Crippen molar-refractivity contribution in [2.24, 2.45) is 0 Å². The van der Waals surface area contributed by atoms with Gasteiger partial charge in [-0.2, -0.15) is 0 Å². The molecule has 3 N–H and O–H groups in total. The third-order valence-electron chi connectivity index (χ3n) is 6.15. The number of methoxy groups -OCH3 is 1. The summed E-state index contributed by atoms with van der Waals surface area (Å²) in [6.45, 7) is 0. The number of nitrogens with one attached hydrogen (secondary N) is 2. The van der Waals surface area contributed by atoms with Crippen LogP contribution in [0.4, 0.5) is 5.69 Å². The van der Waals surface area contributed by atoms with E-state index in [4.69, 9.17) is 4.74 Å². The van der Waals surface area contributed by atoms with Gasteiger partial charge in [-0.25, -0.2) is 9.97 Å². The van der Waals surface area contributed by atoms with Crippen molar-refractivity contribution in [1.29, 1.82) is 0 Å². The lowest BCUT2D eigenvalue weighted by Gasteiger charge is -2.09. The van der Waals surface area contributed by atoms with E-state index in [1.54, 1.807) is 49.8 Å². The molecule has 0 aliphatic rings. The average Bonchev–Trinajstić information content (AvgIpc) is 3.37. The van der Waals surface area contributed by atoms with Crippen molar-refractivity contribution in [3.8, 4) is 34.1 Å². The van der Waals surface area contributed by atoms with E-state index >= 15 is 0 Å². The monoisotopic (exact) mass is 487 g/mol. The van der Waals surface area contributed by atoms with Crippen molar-refractivity contribution in [2.75, 3.05) is 12.4 Å². The van der Waals surface area contributed by atoms with Gasteiger partial charge in [0.25, 0.3) is 5.91 Å². The highest BCUT2D eigenvalue weighted by Crippen LogP contribution is 2.35. The largest absolute Gasteiger partial charge is 0.507 e. The van der Waals surface area contributed by atoms with Crippen molar-refractivity contribution in [3.63, 3.8) is 0 Å². The van der Waals surface area contributed by atoms with Crippen LogP contribution in [0.25, 0.3) is 44.5 Å². The number of para-hydroxylation sites is 1. The molecule has 0 aliphatic carbocycles. The number of aromatic amines is 1. The quantitative estimate of drug-likeness (QED) is 0.283. The van der Waals surface area contributed by atoms with E-state index in [1.165, 1.54) is 0 Å². The molecule has 1 amide bonds. The van der Waals surface area contributed by atoms with Gasteiger partial charge in [-0.15, -0.1) is 0 Å². The summed E-state index contributed by atoms with van der Waals surface area (Å²) in [4.78, 5) is 29.6. The number of hydrogen-bond donors (Lipinski definition) is 3. The molecule has 0 saturated carbocycles. The minimum atomic E-state index is -0.260. The fraction of sp³-hybridized carbons (Fsp3) is 0.0345. The normalized spacial score (nSPS) is 11.1. The lowest BCUT2D eigenvalue weighted by Crippen LogP contribution is -2.12. The number of rotatable bonds is 5. The number of carbonyl (C=O) groups excluding carboxylic acids is 1. The number of phenolic OH excluding ortho intramolecular Hbond substituents is 1. The van der Waals surface area contributed by atoms with Crippen molar-refractivity contribution in [3.05, 3.63) is 96.8 Å². The van der Waals surface area contributed by atoms with Crippen LogP contribution in [0.2, 0.25) is 0 Å². The molecule has 0 saturated heterocycles. The highest BCUT2D eigenvalue weighted by molar-refractivity contribution is 6.09. The Bertz CT molecular complexity index is 1790. The number of anilines is 1. The highest BCUT2D eigenvalue weighted by Gasteiger charge is 2.16. The van der Waals surface area contributed by atoms with Crippen LogP contribution < -0.4 is 10.1 Å². The lowest BCUT2D eigenvalue weighted by atomic mass is 10.0. The van der Waals surface area contributed by atoms with Gasteiger partial charge in [0.1, 0.15) is 11.6 Å². The van der Waals surface area contributed by atoms with Crippen molar-refractivity contribution in [1.82, 2.24) is 19.9 Å². The summed E-state index contributed by atoms with van der Waals surface area (Å²) >= 11 is 0.